The molecule has 33 heavy (non-hydrogen) atoms. The molecule has 1 heterocycles. The maximum atomic E-state index is 12.6. The Labute approximate surface area is 194 Å². The number of hydrogen-bond acceptors (Lipinski definition) is 4. The van der Waals surface area contributed by atoms with E-state index >= 15 is 0 Å². The summed E-state index contributed by atoms with van der Waals surface area (Å²) in [6, 6.07) is 27.2. The number of carbonyl (C=O) groups is 1. The number of benzene rings is 3. The molecule has 3 aromatic carbocycles. The van der Waals surface area contributed by atoms with Crippen LogP contribution in [0.15, 0.2) is 91.1 Å². The van der Waals surface area contributed by atoms with Crippen LogP contribution in [0.4, 0.5) is 5.82 Å². The van der Waals surface area contributed by atoms with E-state index in [1.165, 1.54) is 5.56 Å². The first-order valence-electron chi connectivity index (χ1n) is 11.2. The van der Waals surface area contributed by atoms with Gasteiger partial charge in [-0.25, -0.2) is 9.97 Å². The summed E-state index contributed by atoms with van der Waals surface area (Å²) >= 11 is 0. The highest BCUT2D eigenvalue weighted by molar-refractivity contribution is 5.90. The molecule has 0 aliphatic carbocycles. The van der Waals surface area contributed by atoms with Crippen molar-refractivity contribution >= 4 is 11.7 Å². The van der Waals surface area contributed by atoms with Gasteiger partial charge in [0.1, 0.15) is 5.75 Å². The Bertz CT molecular complexity index is 1180. The Morgan fingerprint density at radius 1 is 0.818 bits per heavy atom. The number of amides is 1. The highest BCUT2D eigenvalue weighted by Crippen LogP contribution is 2.23. The first-order chi connectivity index (χ1) is 16.2. The van der Waals surface area contributed by atoms with Gasteiger partial charge >= 0.3 is 0 Å². The number of aryl methyl sites for hydroxylation is 1. The van der Waals surface area contributed by atoms with E-state index < -0.39 is 0 Å². The monoisotopic (exact) mass is 437 g/mol. The number of phenolic OH excluding ortho intramolecular Hbond substituents is 1. The number of nitrogens with one attached hydrogen (secondary N) is 1. The first-order valence-corrected chi connectivity index (χ1v) is 11.2. The van der Waals surface area contributed by atoms with Crippen molar-refractivity contribution in [1.82, 2.24) is 9.97 Å². The van der Waals surface area contributed by atoms with Crippen LogP contribution in [0.5, 0.6) is 5.75 Å². The van der Waals surface area contributed by atoms with E-state index in [9.17, 15) is 9.90 Å². The summed E-state index contributed by atoms with van der Waals surface area (Å²) in [6.45, 7) is 0. The normalized spacial score (nSPS) is 10.7. The predicted octanol–water partition coefficient (Wildman–Crippen LogP) is 5.79. The molecule has 0 radical (unpaired) electrons. The van der Waals surface area contributed by atoms with Gasteiger partial charge in [-0.1, -0.05) is 60.7 Å². The Kier molecular flexibility index (Phi) is 7.44. The molecule has 0 aliphatic rings. The molecule has 4 rings (SSSR count). The number of aromatic hydroxyl groups is 1. The first kappa shape index (κ1) is 22.2. The van der Waals surface area contributed by atoms with Crippen LogP contribution in [0.1, 0.15) is 36.1 Å². The molecular formula is C28H27N3O2. The number of anilines is 1. The van der Waals surface area contributed by atoms with E-state index in [-0.39, 0.29) is 11.7 Å². The van der Waals surface area contributed by atoms with Crippen molar-refractivity contribution in [3.8, 4) is 17.0 Å². The average Bonchev–Trinajstić information content (AvgIpc) is 2.85. The van der Waals surface area contributed by atoms with E-state index in [4.69, 9.17) is 4.98 Å². The summed E-state index contributed by atoms with van der Waals surface area (Å²) in [6.07, 6.45) is 5.40. The number of hydrogen-bond donors (Lipinski definition) is 2. The van der Waals surface area contributed by atoms with Crippen LogP contribution < -0.4 is 5.32 Å². The van der Waals surface area contributed by atoms with Crippen LogP contribution in [0.3, 0.4) is 0 Å². The average molecular weight is 438 g/mol. The number of carbonyl (C=O) groups excluding carboxylic acids is 1. The van der Waals surface area contributed by atoms with E-state index in [1.54, 1.807) is 30.5 Å². The van der Waals surface area contributed by atoms with Gasteiger partial charge in [-0.05, 0) is 54.7 Å². The highest BCUT2D eigenvalue weighted by atomic mass is 16.3. The quantitative estimate of drug-likeness (QED) is 0.325. The van der Waals surface area contributed by atoms with Gasteiger partial charge in [0, 0.05) is 18.4 Å². The van der Waals surface area contributed by atoms with Crippen LogP contribution in [-0.2, 0) is 17.6 Å². The summed E-state index contributed by atoms with van der Waals surface area (Å²) < 4.78 is 0. The van der Waals surface area contributed by atoms with Crippen molar-refractivity contribution in [3.05, 3.63) is 108 Å². The molecule has 1 amide bonds. The minimum Gasteiger partial charge on any atom is -0.508 e. The van der Waals surface area contributed by atoms with Crippen molar-refractivity contribution in [2.75, 3.05) is 5.32 Å². The van der Waals surface area contributed by atoms with Crippen LogP contribution in [0, 0.1) is 0 Å². The van der Waals surface area contributed by atoms with Crippen molar-refractivity contribution < 1.29 is 9.90 Å². The molecule has 0 unspecified atom stereocenters. The lowest BCUT2D eigenvalue weighted by molar-refractivity contribution is -0.116. The van der Waals surface area contributed by atoms with Crippen LogP contribution in [0.25, 0.3) is 11.3 Å². The molecule has 0 saturated carbocycles. The molecule has 1 aromatic heterocycles. The fourth-order valence-corrected chi connectivity index (χ4v) is 3.67. The zero-order valence-corrected chi connectivity index (χ0v) is 18.4. The maximum Gasteiger partial charge on any atom is 0.225 e. The Balaban J connectivity index is 1.45. The van der Waals surface area contributed by atoms with Gasteiger partial charge in [0.2, 0.25) is 5.91 Å². The second-order valence-electron chi connectivity index (χ2n) is 8.00. The number of aromatic nitrogens is 2. The molecule has 0 aliphatic heterocycles. The molecule has 2 N–H and O–H groups in total. The molecule has 0 bridgehead atoms. The molecule has 0 spiro atoms. The summed E-state index contributed by atoms with van der Waals surface area (Å²) in [7, 11) is 0. The molecule has 0 fully saturated rings. The lowest BCUT2D eigenvalue weighted by Gasteiger charge is -2.12. The van der Waals surface area contributed by atoms with Crippen LogP contribution in [-0.4, -0.2) is 21.0 Å². The number of nitrogens with zero attached hydrogens (tertiary/aromatic N) is 2. The second-order valence-corrected chi connectivity index (χ2v) is 8.00. The third-order valence-corrected chi connectivity index (χ3v) is 5.44. The third-order valence-electron chi connectivity index (χ3n) is 5.44. The summed E-state index contributed by atoms with van der Waals surface area (Å²) in [5, 5.41) is 12.5. The zero-order chi connectivity index (χ0) is 22.9. The zero-order valence-electron chi connectivity index (χ0n) is 18.4. The number of unbranched alkanes of at least 4 members (excludes halogenated alkanes) is 1. The van der Waals surface area contributed by atoms with Crippen LogP contribution in [0.2, 0.25) is 0 Å². The largest absolute Gasteiger partial charge is 0.508 e. The minimum atomic E-state index is -0.0518. The fraction of sp³-hybridized carbons (Fsp3) is 0.179. The summed E-state index contributed by atoms with van der Waals surface area (Å²) in [4.78, 5) is 21.9. The van der Waals surface area contributed by atoms with Gasteiger partial charge < -0.3 is 10.4 Å². The Morgan fingerprint density at radius 3 is 2.18 bits per heavy atom. The lowest BCUT2D eigenvalue weighted by Crippen LogP contribution is -2.15. The van der Waals surface area contributed by atoms with E-state index in [0.717, 1.165) is 30.4 Å². The van der Waals surface area contributed by atoms with E-state index in [2.05, 4.69) is 22.4 Å². The Morgan fingerprint density at radius 2 is 1.48 bits per heavy atom. The molecule has 0 atom stereocenters. The van der Waals surface area contributed by atoms with Crippen molar-refractivity contribution in [3.63, 3.8) is 0 Å². The smallest absolute Gasteiger partial charge is 0.225 e. The van der Waals surface area contributed by atoms with Crippen molar-refractivity contribution in [2.45, 2.75) is 32.1 Å². The van der Waals surface area contributed by atoms with Gasteiger partial charge in [0.25, 0.3) is 0 Å². The standard InChI is InChI=1S/C28H27N3O2/c32-24-17-15-23(16-18-24)26-20-29-28(25(30-26)19-22-12-5-2-6-13-22)31-27(33)14-8-7-11-21-9-3-1-4-10-21/h1-6,9-10,12-13,15-18,20,32H,7-8,11,14,19H2,(H,29,31,33). The van der Waals surface area contributed by atoms with Gasteiger partial charge in [0.15, 0.2) is 5.82 Å². The third kappa shape index (κ3) is 6.50. The van der Waals surface area contributed by atoms with Gasteiger partial charge in [-0.15, -0.1) is 0 Å². The van der Waals surface area contributed by atoms with Crippen molar-refractivity contribution in [1.29, 1.82) is 0 Å². The summed E-state index contributed by atoms with van der Waals surface area (Å²) in [5.41, 5.74) is 4.64. The predicted molar refractivity (Wildman–Crippen MR) is 131 cm³/mol. The number of phenols is 1. The van der Waals surface area contributed by atoms with E-state index in [0.29, 0.717) is 30.0 Å². The molecule has 5 heteroatoms. The molecule has 4 aromatic rings. The van der Waals surface area contributed by atoms with Gasteiger partial charge in [0.05, 0.1) is 17.6 Å². The Hall–Kier alpha value is -3.99. The maximum absolute atomic E-state index is 12.6. The fourth-order valence-electron chi connectivity index (χ4n) is 3.67. The van der Waals surface area contributed by atoms with E-state index in [1.807, 2.05) is 48.5 Å². The van der Waals surface area contributed by atoms with Crippen molar-refractivity contribution in [2.24, 2.45) is 0 Å². The summed E-state index contributed by atoms with van der Waals surface area (Å²) in [5.74, 6) is 0.644. The molecular weight excluding hydrogens is 410 g/mol. The second kappa shape index (κ2) is 11.0. The highest BCUT2D eigenvalue weighted by Gasteiger charge is 2.13. The van der Waals surface area contributed by atoms with Crippen LogP contribution >= 0.6 is 0 Å². The minimum absolute atomic E-state index is 0.0518. The van der Waals surface area contributed by atoms with Gasteiger partial charge in [-0.3, -0.25) is 4.79 Å². The van der Waals surface area contributed by atoms with Gasteiger partial charge in [-0.2, -0.15) is 0 Å². The lowest BCUT2D eigenvalue weighted by atomic mass is 10.1. The number of rotatable bonds is 9. The molecule has 0 saturated heterocycles. The molecule has 166 valence electrons. The SMILES string of the molecule is O=C(CCCCc1ccccc1)Nc1ncc(-c2ccc(O)cc2)nc1Cc1ccccc1. The topological polar surface area (TPSA) is 75.1 Å². The molecule has 5 nitrogen and oxygen atoms in total.